The van der Waals surface area contributed by atoms with Crippen molar-refractivity contribution in [2.24, 2.45) is 0 Å². The number of carbonyl (C=O) groups is 1. The van der Waals surface area contributed by atoms with Crippen LogP contribution in [0.15, 0.2) is 0 Å². The Labute approximate surface area is 109 Å². The molecule has 0 spiro atoms. The largest absolute Gasteiger partial charge is 0.327 e. The summed E-state index contributed by atoms with van der Waals surface area (Å²) in [5.41, 5.74) is 0. The number of rotatable bonds is 3. The van der Waals surface area contributed by atoms with Crippen molar-refractivity contribution in [1.29, 1.82) is 0 Å². The van der Waals surface area contributed by atoms with Gasteiger partial charge in [0.25, 0.3) is 0 Å². The van der Waals surface area contributed by atoms with Crippen molar-refractivity contribution >= 4 is 15.9 Å². The normalized spacial score (nSPS) is 16.9. The highest BCUT2D eigenvalue weighted by Gasteiger charge is 2.30. The molecule has 1 saturated heterocycles. The third-order valence-corrected chi connectivity index (χ3v) is 5.44. The molecule has 1 aliphatic heterocycles. The SMILES string of the molecule is CC#CCNC(=O)N1CCC(S(=O)(=O)CC)CC1. The first-order chi connectivity index (χ1) is 8.51. The Balaban J connectivity index is 2.43. The van der Waals surface area contributed by atoms with Gasteiger partial charge in [0.05, 0.1) is 11.8 Å². The van der Waals surface area contributed by atoms with E-state index in [4.69, 9.17) is 0 Å². The summed E-state index contributed by atoms with van der Waals surface area (Å²) in [5.74, 6) is 5.63. The van der Waals surface area contributed by atoms with Gasteiger partial charge in [-0.05, 0) is 19.8 Å². The topological polar surface area (TPSA) is 66.5 Å². The van der Waals surface area contributed by atoms with Crippen LogP contribution in [0, 0.1) is 11.8 Å². The predicted molar refractivity (Wildman–Crippen MR) is 70.9 cm³/mol. The zero-order valence-corrected chi connectivity index (χ0v) is 11.7. The molecule has 1 aliphatic rings. The van der Waals surface area contributed by atoms with Crippen LogP contribution >= 0.6 is 0 Å². The molecule has 5 nitrogen and oxygen atoms in total. The Bertz CT molecular complexity index is 440. The van der Waals surface area contributed by atoms with Crippen molar-refractivity contribution < 1.29 is 13.2 Å². The second-order valence-electron chi connectivity index (χ2n) is 4.22. The maximum absolute atomic E-state index is 11.7. The highest BCUT2D eigenvalue weighted by Crippen LogP contribution is 2.18. The van der Waals surface area contributed by atoms with E-state index in [1.165, 1.54) is 0 Å². The summed E-state index contributed by atoms with van der Waals surface area (Å²) in [6.45, 7) is 4.71. The summed E-state index contributed by atoms with van der Waals surface area (Å²) in [7, 11) is -2.97. The van der Waals surface area contributed by atoms with Crippen molar-refractivity contribution in [3.63, 3.8) is 0 Å². The van der Waals surface area contributed by atoms with Crippen LogP contribution in [0.3, 0.4) is 0 Å². The van der Waals surface area contributed by atoms with Crippen LogP contribution in [0.1, 0.15) is 26.7 Å². The van der Waals surface area contributed by atoms with Gasteiger partial charge in [0.1, 0.15) is 0 Å². The molecule has 0 aliphatic carbocycles. The minimum Gasteiger partial charge on any atom is -0.327 e. The average molecular weight is 272 g/mol. The predicted octanol–water partition coefficient (Wildman–Crippen LogP) is 0.618. The van der Waals surface area contributed by atoms with Crippen LogP contribution < -0.4 is 5.32 Å². The molecule has 1 N–H and O–H groups in total. The lowest BCUT2D eigenvalue weighted by Gasteiger charge is -2.31. The minimum absolute atomic E-state index is 0.162. The number of hydrogen-bond acceptors (Lipinski definition) is 3. The van der Waals surface area contributed by atoms with E-state index in [2.05, 4.69) is 17.2 Å². The zero-order chi connectivity index (χ0) is 13.6. The van der Waals surface area contributed by atoms with Crippen LogP contribution in [0.4, 0.5) is 4.79 Å². The van der Waals surface area contributed by atoms with Gasteiger partial charge in [-0.15, -0.1) is 5.92 Å². The maximum atomic E-state index is 11.7. The molecule has 0 radical (unpaired) electrons. The Morgan fingerprint density at radius 3 is 2.50 bits per heavy atom. The lowest BCUT2D eigenvalue weighted by atomic mass is 10.1. The highest BCUT2D eigenvalue weighted by molar-refractivity contribution is 7.92. The standard InChI is InChI=1S/C12H20N2O3S/c1-3-5-8-13-12(15)14-9-6-11(7-10-14)18(16,17)4-2/h11H,4,6-10H2,1-2H3,(H,13,15). The summed E-state index contributed by atoms with van der Waals surface area (Å²) in [6, 6.07) is -0.162. The van der Waals surface area contributed by atoms with Gasteiger partial charge in [-0.2, -0.15) is 0 Å². The number of nitrogens with one attached hydrogen (secondary N) is 1. The van der Waals surface area contributed by atoms with Crippen LogP contribution in [0.2, 0.25) is 0 Å². The first-order valence-electron chi connectivity index (χ1n) is 6.15. The molecule has 2 amide bonds. The van der Waals surface area contributed by atoms with Crippen LogP contribution in [-0.2, 0) is 9.84 Å². The van der Waals surface area contributed by atoms with E-state index in [1.807, 2.05) is 0 Å². The first kappa shape index (κ1) is 14.8. The first-order valence-corrected chi connectivity index (χ1v) is 7.86. The molecule has 1 fully saturated rings. The minimum atomic E-state index is -2.97. The summed E-state index contributed by atoms with van der Waals surface area (Å²) in [5, 5.41) is 2.39. The van der Waals surface area contributed by atoms with Crippen molar-refractivity contribution in [3.8, 4) is 11.8 Å². The van der Waals surface area contributed by atoms with E-state index in [-0.39, 0.29) is 17.0 Å². The molecule has 18 heavy (non-hydrogen) atoms. The molecule has 0 unspecified atom stereocenters. The van der Waals surface area contributed by atoms with Crippen molar-refractivity contribution in [2.75, 3.05) is 25.4 Å². The quantitative estimate of drug-likeness (QED) is 0.766. The van der Waals surface area contributed by atoms with Crippen molar-refractivity contribution in [1.82, 2.24) is 10.2 Å². The Morgan fingerprint density at radius 2 is 2.00 bits per heavy atom. The van der Waals surface area contributed by atoms with Crippen molar-refractivity contribution in [3.05, 3.63) is 0 Å². The number of nitrogens with zero attached hydrogens (tertiary/aromatic N) is 1. The number of urea groups is 1. The van der Waals surface area contributed by atoms with Gasteiger partial charge in [-0.25, -0.2) is 13.2 Å². The van der Waals surface area contributed by atoms with Crippen LogP contribution in [0.5, 0.6) is 0 Å². The van der Waals surface area contributed by atoms with Gasteiger partial charge in [0.15, 0.2) is 9.84 Å². The molecule has 102 valence electrons. The number of likely N-dealkylation sites (tertiary alicyclic amines) is 1. The lowest BCUT2D eigenvalue weighted by molar-refractivity contribution is 0.188. The van der Waals surface area contributed by atoms with Crippen LogP contribution in [-0.4, -0.2) is 50.0 Å². The number of hydrogen-bond donors (Lipinski definition) is 1. The maximum Gasteiger partial charge on any atom is 0.318 e. The van der Waals surface area contributed by atoms with Gasteiger partial charge in [-0.3, -0.25) is 0 Å². The van der Waals surface area contributed by atoms with Gasteiger partial charge in [0.2, 0.25) is 0 Å². The molecular weight excluding hydrogens is 252 g/mol. The summed E-state index contributed by atoms with van der Waals surface area (Å²) in [4.78, 5) is 13.3. The molecule has 6 heteroatoms. The molecule has 0 aromatic rings. The molecular formula is C12H20N2O3S. The Kier molecular flexibility index (Phi) is 5.48. The Morgan fingerprint density at radius 1 is 1.39 bits per heavy atom. The fourth-order valence-electron chi connectivity index (χ4n) is 1.97. The number of amides is 2. The molecule has 1 rings (SSSR count). The fourth-order valence-corrected chi connectivity index (χ4v) is 3.37. The highest BCUT2D eigenvalue weighted by atomic mass is 32.2. The number of sulfone groups is 1. The monoisotopic (exact) mass is 272 g/mol. The van der Waals surface area contributed by atoms with E-state index in [0.717, 1.165) is 0 Å². The lowest BCUT2D eigenvalue weighted by Crippen LogP contribution is -2.47. The van der Waals surface area contributed by atoms with E-state index >= 15 is 0 Å². The summed E-state index contributed by atoms with van der Waals surface area (Å²) >= 11 is 0. The second-order valence-corrected chi connectivity index (χ2v) is 6.79. The Hall–Kier alpha value is -1.22. The molecule has 0 aromatic carbocycles. The van der Waals surface area contributed by atoms with E-state index in [0.29, 0.717) is 32.5 Å². The number of carbonyl (C=O) groups excluding carboxylic acids is 1. The van der Waals surface area contributed by atoms with Gasteiger partial charge in [0, 0.05) is 18.8 Å². The van der Waals surface area contributed by atoms with E-state index in [9.17, 15) is 13.2 Å². The van der Waals surface area contributed by atoms with E-state index < -0.39 is 9.84 Å². The van der Waals surface area contributed by atoms with Gasteiger partial charge < -0.3 is 10.2 Å². The smallest absolute Gasteiger partial charge is 0.318 e. The van der Waals surface area contributed by atoms with Gasteiger partial charge >= 0.3 is 6.03 Å². The van der Waals surface area contributed by atoms with E-state index in [1.54, 1.807) is 18.7 Å². The summed E-state index contributed by atoms with van der Waals surface area (Å²) in [6.07, 6.45) is 1.06. The summed E-state index contributed by atoms with van der Waals surface area (Å²) < 4.78 is 23.4. The number of piperidine rings is 1. The molecule has 0 bridgehead atoms. The third-order valence-electron chi connectivity index (χ3n) is 3.14. The van der Waals surface area contributed by atoms with Crippen LogP contribution in [0.25, 0.3) is 0 Å². The van der Waals surface area contributed by atoms with Crippen molar-refractivity contribution in [2.45, 2.75) is 31.9 Å². The van der Waals surface area contributed by atoms with Gasteiger partial charge in [-0.1, -0.05) is 12.8 Å². The molecule has 0 saturated carbocycles. The third kappa shape index (κ3) is 3.91. The second kappa shape index (κ2) is 6.64. The fraction of sp³-hybridized carbons (Fsp3) is 0.750. The zero-order valence-electron chi connectivity index (χ0n) is 10.9. The molecule has 1 heterocycles. The molecule has 0 aromatic heterocycles. The molecule has 0 atom stereocenters. The average Bonchev–Trinajstić information content (AvgIpc) is 2.39.